The molecule has 1 aromatic rings. The molecule has 0 aliphatic carbocycles. The van der Waals surface area contributed by atoms with Gasteiger partial charge in [-0.2, -0.15) is 0 Å². The number of aliphatic carboxylic acids is 1. The topological polar surface area (TPSA) is 116 Å². The number of carboxylic acids is 1. The Morgan fingerprint density at radius 2 is 1.70 bits per heavy atom. The molecule has 0 saturated carbocycles. The van der Waals surface area contributed by atoms with Crippen molar-refractivity contribution in [3.8, 4) is 0 Å². The van der Waals surface area contributed by atoms with Gasteiger partial charge in [-0.15, -0.1) is 0 Å². The molecule has 0 saturated heterocycles. The van der Waals surface area contributed by atoms with Crippen LogP contribution in [-0.4, -0.2) is 28.2 Å². The van der Waals surface area contributed by atoms with E-state index in [1.807, 2.05) is 0 Å². The van der Waals surface area contributed by atoms with Crippen molar-refractivity contribution in [2.45, 2.75) is 38.3 Å². The van der Waals surface area contributed by atoms with Gasteiger partial charge in [0, 0.05) is 12.1 Å². The fourth-order valence-electron chi connectivity index (χ4n) is 1.56. The van der Waals surface area contributed by atoms with Crippen LogP contribution in [0.5, 0.6) is 0 Å². The van der Waals surface area contributed by atoms with Crippen molar-refractivity contribution < 1.29 is 19.4 Å². The lowest BCUT2D eigenvalue weighted by Crippen LogP contribution is -2.58. The summed E-state index contributed by atoms with van der Waals surface area (Å²) in [6.07, 6.45) is -0.169. The monoisotopic (exact) mass is 280 g/mol. The Kier molecular flexibility index (Phi) is 4.39. The number of anilines is 1. The molecule has 0 amide bonds. The van der Waals surface area contributed by atoms with Crippen LogP contribution in [0.15, 0.2) is 24.3 Å². The quantitative estimate of drug-likeness (QED) is 0.429. The van der Waals surface area contributed by atoms with E-state index in [4.69, 9.17) is 16.2 Å². The zero-order valence-corrected chi connectivity index (χ0v) is 11.8. The van der Waals surface area contributed by atoms with Crippen molar-refractivity contribution in [2.24, 2.45) is 5.73 Å². The summed E-state index contributed by atoms with van der Waals surface area (Å²) in [5, 5.41) is 9.27. The highest BCUT2D eigenvalue weighted by Crippen LogP contribution is 2.18. The lowest BCUT2D eigenvalue weighted by Gasteiger charge is -2.28. The zero-order valence-electron chi connectivity index (χ0n) is 11.8. The zero-order chi connectivity index (χ0) is 15.6. The number of esters is 1. The molecule has 0 radical (unpaired) electrons. The van der Waals surface area contributed by atoms with Crippen molar-refractivity contribution in [3.05, 3.63) is 29.8 Å². The molecule has 6 heteroatoms. The highest BCUT2D eigenvalue weighted by Gasteiger charge is 2.45. The average Bonchev–Trinajstić information content (AvgIpc) is 2.29. The number of hydrogen-bond acceptors (Lipinski definition) is 5. The van der Waals surface area contributed by atoms with Gasteiger partial charge in [0.25, 0.3) is 0 Å². The van der Waals surface area contributed by atoms with E-state index in [0.717, 1.165) is 0 Å². The fourth-order valence-corrected chi connectivity index (χ4v) is 1.56. The summed E-state index contributed by atoms with van der Waals surface area (Å²) in [7, 11) is 0. The summed E-state index contributed by atoms with van der Waals surface area (Å²) in [5.74, 6) is -2.39. The number of ether oxygens (including phenoxy) is 1. The first kappa shape index (κ1) is 16.0. The first-order chi connectivity index (χ1) is 9.04. The SMILES string of the molecule is CC(C)(C)OC(=O)[C@](N)(Cc1ccc(N)cc1)C(=O)O. The lowest BCUT2D eigenvalue weighted by atomic mass is 9.91. The van der Waals surface area contributed by atoms with Crippen LogP contribution in [0.4, 0.5) is 5.69 Å². The Labute approximate surface area is 117 Å². The van der Waals surface area contributed by atoms with Crippen molar-refractivity contribution in [1.82, 2.24) is 0 Å². The second-order valence-corrected chi connectivity index (χ2v) is 5.70. The number of carboxylic acid groups (broad SMARTS) is 1. The minimum Gasteiger partial charge on any atom is -0.479 e. The summed E-state index contributed by atoms with van der Waals surface area (Å²) in [4.78, 5) is 23.4. The second-order valence-electron chi connectivity index (χ2n) is 5.70. The average molecular weight is 280 g/mol. The molecule has 0 spiro atoms. The van der Waals surface area contributed by atoms with E-state index >= 15 is 0 Å². The van der Waals surface area contributed by atoms with E-state index in [-0.39, 0.29) is 6.42 Å². The lowest BCUT2D eigenvalue weighted by molar-refractivity contribution is -0.169. The van der Waals surface area contributed by atoms with Gasteiger partial charge in [-0.1, -0.05) is 12.1 Å². The molecule has 20 heavy (non-hydrogen) atoms. The predicted octanol–water partition coefficient (Wildman–Crippen LogP) is 0.935. The molecule has 0 aliphatic heterocycles. The van der Waals surface area contributed by atoms with Crippen LogP contribution < -0.4 is 11.5 Å². The molecule has 0 unspecified atom stereocenters. The van der Waals surface area contributed by atoms with Gasteiger partial charge in [0.05, 0.1) is 0 Å². The van der Waals surface area contributed by atoms with Gasteiger partial charge in [0.2, 0.25) is 5.54 Å². The fraction of sp³-hybridized carbons (Fsp3) is 0.429. The van der Waals surface area contributed by atoms with E-state index in [1.54, 1.807) is 45.0 Å². The van der Waals surface area contributed by atoms with Crippen LogP contribution in [-0.2, 0) is 20.7 Å². The number of carbonyl (C=O) groups is 2. The van der Waals surface area contributed by atoms with Gasteiger partial charge in [-0.25, -0.2) is 9.59 Å². The molecular formula is C14H20N2O4. The number of nitrogen functional groups attached to an aromatic ring is 1. The molecule has 1 aromatic carbocycles. The van der Waals surface area contributed by atoms with Crippen molar-refractivity contribution in [1.29, 1.82) is 0 Å². The molecular weight excluding hydrogens is 260 g/mol. The van der Waals surface area contributed by atoms with Crippen LogP contribution in [0.25, 0.3) is 0 Å². The molecule has 5 N–H and O–H groups in total. The van der Waals surface area contributed by atoms with E-state index in [2.05, 4.69) is 0 Å². The molecule has 0 fully saturated rings. The van der Waals surface area contributed by atoms with Gasteiger partial charge in [0.15, 0.2) is 0 Å². The van der Waals surface area contributed by atoms with Crippen LogP contribution in [0.1, 0.15) is 26.3 Å². The standard InChI is InChI=1S/C14H20N2O4/c1-13(2,3)20-12(19)14(16,11(17)18)8-9-4-6-10(15)7-5-9/h4-7H,8,15-16H2,1-3H3,(H,17,18)/t14-/m0/s1. The van der Waals surface area contributed by atoms with E-state index in [9.17, 15) is 14.7 Å². The summed E-state index contributed by atoms with van der Waals surface area (Å²) < 4.78 is 5.09. The number of hydrogen-bond donors (Lipinski definition) is 3. The molecule has 0 heterocycles. The number of carbonyl (C=O) groups excluding carboxylic acids is 1. The van der Waals surface area contributed by atoms with E-state index in [1.165, 1.54) is 0 Å². The number of nitrogens with two attached hydrogens (primary N) is 2. The Hall–Kier alpha value is -2.08. The van der Waals surface area contributed by atoms with Gasteiger partial charge in [-0.3, -0.25) is 0 Å². The largest absolute Gasteiger partial charge is 0.479 e. The third-order valence-electron chi connectivity index (χ3n) is 2.61. The first-order valence-electron chi connectivity index (χ1n) is 6.15. The minimum atomic E-state index is -2.12. The maximum atomic E-state index is 12.0. The number of benzene rings is 1. The second kappa shape index (κ2) is 5.50. The molecule has 0 aromatic heterocycles. The van der Waals surface area contributed by atoms with Gasteiger partial charge in [0.1, 0.15) is 5.60 Å². The van der Waals surface area contributed by atoms with Gasteiger partial charge in [-0.05, 0) is 38.5 Å². The van der Waals surface area contributed by atoms with Gasteiger partial charge >= 0.3 is 11.9 Å². The Bertz CT molecular complexity index is 505. The van der Waals surface area contributed by atoms with Crippen LogP contribution in [0.3, 0.4) is 0 Å². The molecule has 1 rings (SSSR count). The highest BCUT2D eigenvalue weighted by atomic mass is 16.6. The molecule has 0 aliphatic rings. The van der Waals surface area contributed by atoms with Crippen LogP contribution >= 0.6 is 0 Å². The molecule has 1 atom stereocenters. The Balaban J connectivity index is 3.00. The maximum absolute atomic E-state index is 12.0. The Morgan fingerprint density at radius 3 is 2.10 bits per heavy atom. The van der Waals surface area contributed by atoms with E-state index < -0.39 is 23.1 Å². The Morgan fingerprint density at radius 1 is 1.20 bits per heavy atom. The predicted molar refractivity (Wildman–Crippen MR) is 75.0 cm³/mol. The van der Waals surface area contributed by atoms with Crippen molar-refractivity contribution in [3.63, 3.8) is 0 Å². The maximum Gasteiger partial charge on any atom is 0.338 e. The van der Waals surface area contributed by atoms with Gasteiger partial charge < -0.3 is 21.3 Å². The third kappa shape index (κ3) is 3.96. The summed E-state index contributed by atoms with van der Waals surface area (Å²) in [6.45, 7) is 4.95. The normalized spacial score (nSPS) is 14.4. The third-order valence-corrected chi connectivity index (χ3v) is 2.61. The minimum absolute atomic E-state index is 0.169. The smallest absolute Gasteiger partial charge is 0.338 e. The van der Waals surface area contributed by atoms with Crippen molar-refractivity contribution >= 4 is 17.6 Å². The summed E-state index contributed by atoms with van der Waals surface area (Å²) in [5.41, 5.74) is 9.52. The van der Waals surface area contributed by atoms with Crippen LogP contribution in [0.2, 0.25) is 0 Å². The van der Waals surface area contributed by atoms with Crippen molar-refractivity contribution in [2.75, 3.05) is 5.73 Å². The molecule has 0 bridgehead atoms. The molecule has 110 valence electrons. The summed E-state index contributed by atoms with van der Waals surface area (Å²) in [6, 6.07) is 6.49. The highest BCUT2D eigenvalue weighted by molar-refractivity contribution is 6.04. The van der Waals surface area contributed by atoms with E-state index in [0.29, 0.717) is 11.3 Å². The number of rotatable bonds is 4. The van der Waals surface area contributed by atoms with Crippen LogP contribution in [0, 0.1) is 0 Å². The summed E-state index contributed by atoms with van der Waals surface area (Å²) >= 11 is 0. The first-order valence-corrected chi connectivity index (χ1v) is 6.15. The molecule has 6 nitrogen and oxygen atoms in total.